The minimum Gasteiger partial charge on any atom is -0.387 e. The second-order valence-corrected chi connectivity index (χ2v) is 4.34. The van der Waals surface area contributed by atoms with Crippen LogP contribution in [0.4, 0.5) is 17.1 Å². The summed E-state index contributed by atoms with van der Waals surface area (Å²) in [6, 6.07) is 1.23. The van der Waals surface area contributed by atoms with Crippen molar-refractivity contribution < 1.29 is 19.3 Å². The van der Waals surface area contributed by atoms with Crippen molar-refractivity contribution in [2.24, 2.45) is 0 Å². The van der Waals surface area contributed by atoms with Gasteiger partial charge in [-0.1, -0.05) is 0 Å². The number of rotatable bonds is 4. The normalized spacial score (nSPS) is 15.4. The average molecular weight is 283 g/mol. The van der Waals surface area contributed by atoms with E-state index in [2.05, 4.69) is 0 Å². The summed E-state index contributed by atoms with van der Waals surface area (Å²) in [5, 5.41) is 22.0. The Hall–Kier alpha value is -2.26. The molecule has 1 fully saturated rings. The molecule has 9 nitrogen and oxygen atoms in total. The Bertz CT molecular complexity index is 568. The smallest absolute Gasteiger partial charge is 0.302 e. The zero-order valence-electron chi connectivity index (χ0n) is 10.7. The highest BCUT2D eigenvalue weighted by molar-refractivity contribution is 5.75. The lowest BCUT2D eigenvalue weighted by atomic mass is 10.0. The van der Waals surface area contributed by atoms with Crippen LogP contribution in [0.1, 0.15) is 11.1 Å². The number of nitrogens with two attached hydrogens (primary N) is 1. The largest absolute Gasteiger partial charge is 0.387 e. The Morgan fingerprint density at radius 2 is 1.90 bits per heavy atom. The molecule has 0 aromatic heterocycles. The molecule has 0 saturated carbocycles. The number of ether oxygens (including phenoxy) is 2. The van der Waals surface area contributed by atoms with E-state index in [0.717, 1.165) is 0 Å². The van der Waals surface area contributed by atoms with Gasteiger partial charge in [-0.3, -0.25) is 20.2 Å². The van der Waals surface area contributed by atoms with Gasteiger partial charge in [-0.25, -0.2) is 0 Å². The molecule has 0 spiro atoms. The number of aryl methyl sites for hydroxylation is 1. The van der Waals surface area contributed by atoms with Crippen molar-refractivity contribution in [3.8, 4) is 0 Å². The second kappa shape index (κ2) is 5.39. The van der Waals surface area contributed by atoms with E-state index in [1.165, 1.54) is 6.07 Å². The molecule has 0 atom stereocenters. The minimum atomic E-state index is -0.734. The van der Waals surface area contributed by atoms with E-state index in [1.807, 2.05) is 0 Å². The van der Waals surface area contributed by atoms with Gasteiger partial charge >= 0.3 is 5.69 Å². The number of hydrogen-bond donors (Lipinski definition) is 1. The van der Waals surface area contributed by atoms with Crippen molar-refractivity contribution in [2.75, 3.05) is 18.9 Å². The van der Waals surface area contributed by atoms with Crippen molar-refractivity contribution in [3.63, 3.8) is 0 Å². The maximum atomic E-state index is 11.2. The molecular formula is C11H13N3O6. The zero-order chi connectivity index (χ0) is 14.9. The van der Waals surface area contributed by atoms with Crippen LogP contribution in [0.3, 0.4) is 0 Å². The predicted octanol–water partition coefficient (Wildman–Crippen LogP) is 1.31. The van der Waals surface area contributed by atoms with Gasteiger partial charge in [0.15, 0.2) is 12.0 Å². The van der Waals surface area contributed by atoms with E-state index in [9.17, 15) is 20.2 Å². The Kier molecular flexibility index (Phi) is 3.81. The van der Waals surface area contributed by atoms with E-state index in [0.29, 0.717) is 24.3 Å². The average Bonchev–Trinajstić information content (AvgIpc) is 2.85. The lowest BCUT2D eigenvalue weighted by Gasteiger charge is -2.13. The van der Waals surface area contributed by atoms with Gasteiger partial charge in [-0.05, 0) is 12.5 Å². The topological polar surface area (TPSA) is 131 Å². The van der Waals surface area contributed by atoms with Gasteiger partial charge < -0.3 is 15.2 Å². The molecule has 2 N–H and O–H groups in total. The number of nitro groups is 2. The van der Waals surface area contributed by atoms with Gasteiger partial charge in [-0.2, -0.15) is 0 Å². The standard InChI is InChI=1S/C11H13N3O6/c1-6-4-8(13(15)16)10(12)11(14(17)18)7(6)5-9-19-2-3-20-9/h4,9H,2-3,5,12H2,1H3. The number of hydrogen-bond acceptors (Lipinski definition) is 7. The molecule has 0 radical (unpaired) electrons. The molecule has 1 aliphatic rings. The quantitative estimate of drug-likeness (QED) is 0.500. The Labute approximate surface area is 113 Å². The first-order valence-electron chi connectivity index (χ1n) is 5.85. The molecule has 1 heterocycles. The van der Waals surface area contributed by atoms with Crippen molar-refractivity contribution in [1.29, 1.82) is 0 Å². The van der Waals surface area contributed by atoms with Crippen molar-refractivity contribution in [3.05, 3.63) is 37.4 Å². The molecule has 9 heteroatoms. The lowest BCUT2D eigenvalue weighted by molar-refractivity contribution is -0.392. The summed E-state index contributed by atoms with van der Waals surface area (Å²) >= 11 is 0. The fourth-order valence-corrected chi connectivity index (χ4v) is 2.15. The van der Waals surface area contributed by atoms with Gasteiger partial charge in [-0.15, -0.1) is 0 Å². The molecule has 0 bridgehead atoms. The summed E-state index contributed by atoms with van der Waals surface area (Å²) in [7, 11) is 0. The first-order valence-corrected chi connectivity index (χ1v) is 5.85. The van der Waals surface area contributed by atoms with Gasteiger partial charge in [0, 0.05) is 18.1 Å². The Morgan fingerprint density at radius 3 is 2.40 bits per heavy atom. The number of anilines is 1. The SMILES string of the molecule is Cc1cc([N+](=O)[O-])c(N)c([N+](=O)[O-])c1CC1OCCO1. The highest BCUT2D eigenvalue weighted by Gasteiger charge is 2.31. The molecule has 0 amide bonds. The number of benzene rings is 1. The fourth-order valence-electron chi connectivity index (χ4n) is 2.15. The van der Waals surface area contributed by atoms with Gasteiger partial charge in [0.05, 0.1) is 23.1 Å². The fraction of sp³-hybridized carbons (Fsp3) is 0.455. The Morgan fingerprint density at radius 1 is 1.30 bits per heavy atom. The Balaban J connectivity index is 2.51. The molecule has 0 unspecified atom stereocenters. The van der Waals surface area contributed by atoms with E-state index in [4.69, 9.17) is 15.2 Å². The summed E-state index contributed by atoms with van der Waals surface area (Å²) in [6.45, 7) is 2.39. The lowest BCUT2D eigenvalue weighted by Crippen LogP contribution is -2.15. The summed E-state index contributed by atoms with van der Waals surface area (Å²) in [5.41, 5.74) is 4.91. The van der Waals surface area contributed by atoms with Gasteiger partial charge in [0.2, 0.25) is 0 Å². The highest BCUT2D eigenvalue weighted by Crippen LogP contribution is 2.38. The molecular weight excluding hydrogens is 270 g/mol. The predicted molar refractivity (Wildman–Crippen MR) is 68.3 cm³/mol. The third-order valence-corrected chi connectivity index (χ3v) is 3.09. The first-order chi connectivity index (χ1) is 9.41. The van der Waals surface area contributed by atoms with Crippen LogP contribution >= 0.6 is 0 Å². The van der Waals surface area contributed by atoms with E-state index in [1.54, 1.807) is 6.92 Å². The maximum Gasteiger partial charge on any atom is 0.302 e. The van der Waals surface area contributed by atoms with Crippen molar-refractivity contribution >= 4 is 17.1 Å². The molecule has 1 aromatic rings. The first kappa shape index (κ1) is 14.2. The van der Waals surface area contributed by atoms with Crippen LogP contribution in [0, 0.1) is 27.2 Å². The molecule has 1 aliphatic heterocycles. The van der Waals surface area contributed by atoms with Gasteiger partial charge in [0.1, 0.15) is 0 Å². The highest BCUT2D eigenvalue weighted by atomic mass is 16.7. The van der Waals surface area contributed by atoms with Crippen LogP contribution < -0.4 is 5.73 Å². The summed E-state index contributed by atoms with van der Waals surface area (Å²) in [5.74, 6) is 0. The van der Waals surface area contributed by atoms with E-state index in [-0.39, 0.29) is 6.42 Å². The van der Waals surface area contributed by atoms with E-state index >= 15 is 0 Å². The van der Waals surface area contributed by atoms with Crippen LogP contribution in [0.15, 0.2) is 6.07 Å². The van der Waals surface area contributed by atoms with Crippen LogP contribution in [0.2, 0.25) is 0 Å². The third kappa shape index (κ3) is 2.53. The van der Waals surface area contributed by atoms with Crippen LogP contribution in [0.25, 0.3) is 0 Å². The molecule has 108 valence electrons. The number of nitrogen functional groups attached to an aromatic ring is 1. The maximum absolute atomic E-state index is 11.2. The monoisotopic (exact) mass is 283 g/mol. The molecule has 1 aromatic carbocycles. The molecule has 20 heavy (non-hydrogen) atoms. The molecule has 0 aliphatic carbocycles. The summed E-state index contributed by atoms with van der Waals surface area (Å²) in [4.78, 5) is 20.6. The second-order valence-electron chi connectivity index (χ2n) is 4.34. The minimum absolute atomic E-state index is 0.129. The van der Waals surface area contributed by atoms with Crippen LogP contribution in [0.5, 0.6) is 0 Å². The van der Waals surface area contributed by atoms with Crippen LogP contribution in [-0.2, 0) is 15.9 Å². The zero-order valence-corrected chi connectivity index (χ0v) is 10.7. The number of nitro benzene ring substituents is 2. The van der Waals surface area contributed by atoms with E-state index < -0.39 is 33.2 Å². The molecule has 2 rings (SSSR count). The number of nitrogens with zero attached hydrogens (tertiary/aromatic N) is 2. The van der Waals surface area contributed by atoms with Crippen molar-refractivity contribution in [2.45, 2.75) is 19.6 Å². The van der Waals surface area contributed by atoms with Gasteiger partial charge in [0.25, 0.3) is 5.69 Å². The third-order valence-electron chi connectivity index (χ3n) is 3.09. The summed E-state index contributed by atoms with van der Waals surface area (Å²) in [6.07, 6.45) is -0.460. The molecule has 1 saturated heterocycles. The van der Waals surface area contributed by atoms with Crippen LogP contribution in [-0.4, -0.2) is 29.4 Å². The van der Waals surface area contributed by atoms with Crippen molar-refractivity contribution in [1.82, 2.24) is 0 Å². The summed E-state index contributed by atoms with van der Waals surface area (Å²) < 4.78 is 10.5.